The van der Waals surface area contributed by atoms with Crippen molar-refractivity contribution in [3.05, 3.63) is 40.2 Å². The lowest BCUT2D eigenvalue weighted by molar-refractivity contribution is 0.147. The minimum absolute atomic E-state index is 0.460. The topological polar surface area (TPSA) is 58.3 Å². The molecule has 0 spiro atoms. The quantitative estimate of drug-likeness (QED) is 0.844. The van der Waals surface area contributed by atoms with Crippen molar-refractivity contribution in [1.82, 2.24) is 10.3 Å². The third-order valence-electron chi connectivity index (χ3n) is 2.58. The van der Waals surface area contributed by atoms with E-state index in [-0.39, 0.29) is 0 Å². The van der Waals surface area contributed by atoms with Crippen molar-refractivity contribution in [2.45, 2.75) is 32.4 Å². The third kappa shape index (κ3) is 3.41. The van der Waals surface area contributed by atoms with Crippen LogP contribution in [0, 0.1) is 0 Å². The van der Waals surface area contributed by atoms with Gasteiger partial charge in [0.1, 0.15) is 11.9 Å². The van der Waals surface area contributed by atoms with E-state index in [1.54, 1.807) is 29.7 Å². The van der Waals surface area contributed by atoms with E-state index in [4.69, 9.17) is 4.42 Å². The molecular formula is C13H18N2O2S. The fourth-order valence-electron chi connectivity index (χ4n) is 1.59. The Morgan fingerprint density at radius 3 is 2.94 bits per heavy atom. The van der Waals surface area contributed by atoms with Gasteiger partial charge in [-0.1, -0.05) is 13.8 Å². The lowest BCUT2D eigenvalue weighted by Gasteiger charge is -2.08. The van der Waals surface area contributed by atoms with Crippen LogP contribution in [0.5, 0.6) is 0 Å². The van der Waals surface area contributed by atoms with Crippen molar-refractivity contribution in [1.29, 1.82) is 0 Å². The van der Waals surface area contributed by atoms with Gasteiger partial charge in [0.15, 0.2) is 0 Å². The summed E-state index contributed by atoms with van der Waals surface area (Å²) in [6.45, 7) is 5.40. The minimum atomic E-state index is -0.608. The van der Waals surface area contributed by atoms with Crippen LogP contribution in [0.3, 0.4) is 0 Å². The summed E-state index contributed by atoms with van der Waals surface area (Å²) in [6.07, 6.45) is 0.955. The average Bonchev–Trinajstić information content (AvgIpc) is 3.00. The molecule has 2 aromatic heterocycles. The molecule has 0 aromatic carbocycles. The molecular weight excluding hydrogens is 248 g/mol. The Kier molecular flexibility index (Phi) is 4.52. The van der Waals surface area contributed by atoms with Gasteiger partial charge in [0.25, 0.3) is 0 Å². The van der Waals surface area contributed by atoms with Gasteiger partial charge in [-0.05, 0) is 12.1 Å². The number of rotatable bonds is 6. The van der Waals surface area contributed by atoms with Gasteiger partial charge in [0, 0.05) is 24.4 Å². The number of aliphatic hydroxyl groups excluding tert-OH is 1. The molecule has 18 heavy (non-hydrogen) atoms. The maximum absolute atomic E-state index is 9.81. The lowest BCUT2D eigenvalue weighted by atomic mass is 10.2. The summed E-state index contributed by atoms with van der Waals surface area (Å²) in [5.41, 5.74) is 1.02. The Labute approximate surface area is 111 Å². The predicted molar refractivity (Wildman–Crippen MR) is 71.6 cm³/mol. The van der Waals surface area contributed by atoms with Crippen LogP contribution in [-0.2, 0) is 6.54 Å². The molecule has 0 saturated heterocycles. The summed E-state index contributed by atoms with van der Waals surface area (Å²) < 4.78 is 5.13. The molecule has 2 aromatic rings. The zero-order valence-corrected chi connectivity index (χ0v) is 11.4. The highest BCUT2D eigenvalue weighted by Crippen LogP contribution is 2.19. The number of thiazole rings is 1. The molecule has 0 radical (unpaired) electrons. The molecule has 0 aliphatic heterocycles. The van der Waals surface area contributed by atoms with E-state index in [9.17, 15) is 5.11 Å². The molecule has 2 heterocycles. The number of hydrogen-bond acceptors (Lipinski definition) is 5. The first kappa shape index (κ1) is 13.3. The molecule has 1 atom stereocenters. The second-order valence-electron chi connectivity index (χ2n) is 4.49. The molecule has 4 nitrogen and oxygen atoms in total. The fraction of sp³-hybridized carbons (Fsp3) is 0.462. The van der Waals surface area contributed by atoms with Crippen LogP contribution in [-0.4, -0.2) is 16.6 Å². The monoisotopic (exact) mass is 266 g/mol. The molecule has 5 heteroatoms. The molecule has 2 N–H and O–H groups in total. The largest absolute Gasteiger partial charge is 0.467 e. The summed E-state index contributed by atoms with van der Waals surface area (Å²) in [4.78, 5) is 4.52. The van der Waals surface area contributed by atoms with Gasteiger partial charge in [-0.3, -0.25) is 0 Å². The zero-order valence-electron chi connectivity index (χ0n) is 10.6. The van der Waals surface area contributed by atoms with Gasteiger partial charge >= 0.3 is 0 Å². The Hall–Kier alpha value is -1.17. The van der Waals surface area contributed by atoms with Crippen LogP contribution in [0.15, 0.2) is 28.2 Å². The molecule has 98 valence electrons. The van der Waals surface area contributed by atoms with Crippen molar-refractivity contribution in [2.24, 2.45) is 0 Å². The fourth-order valence-corrected chi connectivity index (χ4v) is 2.42. The van der Waals surface area contributed by atoms with Crippen molar-refractivity contribution < 1.29 is 9.52 Å². The van der Waals surface area contributed by atoms with Gasteiger partial charge < -0.3 is 14.8 Å². The summed E-state index contributed by atoms with van der Waals surface area (Å²) in [6, 6.07) is 3.54. The van der Waals surface area contributed by atoms with Crippen LogP contribution in [0.2, 0.25) is 0 Å². The van der Waals surface area contributed by atoms with E-state index in [0.29, 0.717) is 24.8 Å². The highest BCUT2D eigenvalue weighted by atomic mass is 32.1. The second-order valence-corrected chi connectivity index (χ2v) is 5.38. The molecule has 0 bridgehead atoms. The van der Waals surface area contributed by atoms with Gasteiger partial charge in [-0.15, -0.1) is 11.3 Å². The maximum Gasteiger partial charge on any atom is 0.133 e. The van der Waals surface area contributed by atoms with Crippen molar-refractivity contribution >= 4 is 11.3 Å². The Balaban J connectivity index is 1.78. The molecule has 2 rings (SSSR count). The van der Waals surface area contributed by atoms with Gasteiger partial charge in [0.05, 0.1) is 17.0 Å². The van der Waals surface area contributed by atoms with Crippen LogP contribution in [0.1, 0.15) is 42.3 Å². The SMILES string of the molecule is CC(C)c1nc(CNCC(O)c2ccco2)cs1. The van der Waals surface area contributed by atoms with Crippen LogP contribution >= 0.6 is 11.3 Å². The van der Waals surface area contributed by atoms with Crippen LogP contribution in [0.25, 0.3) is 0 Å². The third-order valence-corrected chi connectivity index (χ3v) is 3.77. The van der Waals surface area contributed by atoms with E-state index in [1.165, 1.54) is 0 Å². The van der Waals surface area contributed by atoms with E-state index in [0.717, 1.165) is 10.7 Å². The summed E-state index contributed by atoms with van der Waals surface area (Å²) in [7, 11) is 0. The molecule has 0 amide bonds. The number of nitrogens with one attached hydrogen (secondary N) is 1. The molecule has 0 aliphatic carbocycles. The number of nitrogens with zero attached hydrogens (tertiary/aromatic N) is 1. The Morgan fingerprint density at radius 2 is 2.33 bits per heavy atom. The standard InChI is InChI=1S/C13H18N2O2S/c1-9(2)13-15-10(8-18-13)6-14-7-11(16)12-4-3-5-17-12/h3-5,8-9,11,14,16H,6-7H2,1-2H3. The number of aromatic nitrogens is 1. The minimum Gasteiger partial charge on any atom is -0.467 e. The Morgan fingerprint density at radius 1 is 1.50 bits per heavy atom. The van der Waals surface area contributed by atoms with Crippen molar-refractivity contribution in [3.63, 3.8) is 0 Å². The van der Waals surface area contributed by atoms with E-state index < -0.39 is 6.10 Å². The highest BCUT2D eigenvalue weighted by Gasteiger charge is 2.10. The molecule has 0 fully saturated rings. The van der Waals surface area contributed by atoms with Crippen LogP contribution in [0.4, 0.5) is 0 Å². The van der Waals surface area contributed by atoms with Gasteiger partial charge in [0.2, 0.25) is 0 Å². The first-order chi connectivity index (χ1) is 8.66. The first-order valence-electron chi connectivity index (χ1n) is 6.03. The zero-order chi connectivity index (χ0) is 13.0. The normalized spacial score (nSPS) is 13.1. The summed E-state index contributed by atoms with van der Waals surface area (Å²) in [5.74, 6) is 1.06. The highest BCUT2D eigenvalue weighted by molar-refractivity contribution is 7.09. The number of aliphatic hydroxyl groups is 1. The summed E-state index contributed by atoms with van der Waals surface area (Å²) >= 11 is 1.68. The molecule has 1 unspecified atom stereocenters. The summed E-state index contributed by atoms with van der Waals surface area (Å²) in [5, 5.41) is 16.2. The first-order valence-corrected chi connectivity index (χ1v) is 6.91. The predicted octanol–water partition coefficient (Wildman–Crippen LogP) is 2.68. The van der Waals surface area contributed by atoms with Crippen LogP contribution < -0.4 is 5.32 Å². The van der Waals surface area contributed by atoms with Crippen molar-refractivity contribution in [2.75, 3.05) is 6.54 Å². The molecule has 0 saturated carbocycles. The Bertz CT molecular complexity index is 465. The van der Waals surface area contributed by atoms with Gasteiger partial charge in [-0.2, -0.15) is 0 Å². The average molecular weight is 266 g/mol. The smallest absolute Gasteiger partial charge is 0.133 e. The maximum atomic E-state index is 9.81. The number of furan rings is 1. The van der Waals surface area contributed by atoms with Crippen molar-refractivity contribution in [3.8, 4) is 0 Å². The lowest BCUT2D eigenvalue weighted by Crippen LogP contribution is -2.21. The van der Waals surface area contributed by atoms with E-state index in [2.05, 4.69) is 29.5 Å². The van der Waals surface area contributed by atoms with E-state index in [1.807, 2.05) is 0 Å². The molecule has 0 aliphatic rings. The van der Waals surface area contributed by atoms with Gasteiger partial charge in [-0.25, -0.2) is 4.98 Å². The number of hydrogen-bond donors (Lipinski definition) is 2. The second kappa shape index (κ2) is 6.13. The van der Waals surface area contributed by atoms with E-state index >= 15 is 0 Å².